The van der Waals surface area contributed by atoms with E-state index in [4.69, 9.17) is 4.42 Å². The summed E-state index contributed by atoms with van der Waals surface area (Å²) in [5, 5.41) is 2.84. The smallest absolute Gasteiger partial charge is 0.289 e. The molecule has 1 aliphatic carbocycles. The molecule has 0 bridgehead atoms. The lowest BCUT2D eigenvalue weighted by Gasteiger charge is -2.30. The minimum absolute atomic E-state index is 0.181. The molecule has 1 amide bonds. The van der Waals surface area contributed by atoms with Crippen LogP contribution in [0, 0.1) is 25.5 Å². The summed E-state index contributed by atoms with van der Waals surface area (Å²) < 4.78 is 32.8. The highest BCUT2D eigenvalue weighted by molar-refractivity contribution is 5.92. The molecule has 1 aromatic carbocycles. The molecule has 0 atom stereocenters. The van der Waals surface area contributed by atoms with E-state index in [1.807, 2.05) is 0 Å². The molecule has 0 aliphatic heterocycles. The molecular weight excluding hydrogens is 314 g/mol. The van der Waals surface area contributed by atoms with Crippen LogP contribution in [-0.2, 0) is 5.41 Å². The monoisotopic (exact) mass is 334 g/mol. The van der Waals surface area contributed by atoms with Crippen molar-refractivity contribution in [1.82, 2.24) is 10.3 Å². The Labute approximate surface area is 139 Å². The lowest BCUT2D eigenvalue weighted by Crippen LogP contribution is -2.39. The zero-order valence-electron chi connectivity index (χ0n) is 13.8. The number of hydrogen-bond donors (Lipinski definition) is 1. The van der Waals surface area contributed by atoms with Crippen LogP contribution in [0.15, 0.2) is 22.6 Å². The summed E-state index contributed by atoms with van der Waals surface area (Å²) in [4.78, 5) is 16.4. The summed E-state index contributed by atoms with van der Waals surface area (Å²) in [6.45, 7) is 3.67. The van der Waals surface area contributed by atoms with Gasteiger partial charge in [0.05, 0.1) is 5.69 Å². The molecule has 2 aromatic rings. The predicted molar refractivity (Wildman–Crippen MR) is 84.8 cm³/mol. The summed E-state index contributed by atoms with van der Waals surface area (Å²) in [5.74, 6) is -0.904. The van der Waals surface area contributed by atoms with Crippen LogP contribution >= 0.6 is 0 Å². The minimum Gasteiger partial charge on any atom is -0.436 e. The molecule has 0 spiro atoms. The number of carbonyl (C=O) groups excluding carboxylic acids is 1. The van der Waals surface area contributed by atoms with Crippen molar-refractivity contribution < 1.29 is 18.0 Å². The second-order valence-electron chi connectivity index (χ2n) is 6.44. The molecule has 1 saturated carbocycles. The Morgan fingerprint density at radius 1 is 1.29 bits per heavy atom. The molecule has 4 nitrogen and oxygen atoms in total. The van der Waals surface area contributed by atoms with Crippen LogP contribution in [0.5, 0.6) is 0 Å². The van der Waals surface area contributed by atoms with E-state index in [2.05, 4.69) is 10.3 Å². The maximum absolute atomic E-state index is 14.3. The third-order valence-electron chi connectivity index (χ3n) is 4.76. The van der Waals surface area contributed by atoms with Crippen molar-refractivity contribution >= 4 is 5.91 Å². The number of nitrogens with one attached hydrogen (secondary N) is 1. The van der Waals surface area contributed by atoms with Crippen LogP contribution in [0.1, 0.15) is 53.4 Å². The fourth-order valence-corrected chi connectivity index (χ4v) is 3.58. The number of aromatic nitrogens is 1. The van der Waals surface area contributed by atoms with Gasteiger partial charge in [0.1, 0.15) is 11.6 Å². The van der Waals surface area contributed by atoms with Crippen molar-refractivity contribution in [3.8, 4) is 0 Å². The summed E-state index contributed by atoms with van der Waals surface area (Å²) in [7, 11) is 0. The third kappa shape index (κ3) is 3.05. The largest absolute Gasteiger partial charge is 0.436 e. The molecule has 1 heterocycles. The Morgan fingerprint density at radius 2 is 2.00 bits per heavy atom. The number of oxazole rings is 1. The van der Waals surface area contributed by atoms with E-state index in [1.54, 1.807) is 13.8 Å². The number of hydrogen-bond acceptors (Lipinski definition) is 3. The SMILES string of the molecule is Cc1nc(C)c(C(=O)NCC2(c3ccc(F)cc3F)CCCC2)o1. The Kier molecular flexibility index (Phi) is 4.39. The first kappa shape index (κ1) is 16.6. The number of carbonyl (C=O) groups is 1. The second-order valence-corrected chi connectivity index (χ2v) is 6.44. The van der Waals surface area contributed by atoms with Gasteiger partial charge in [-0.05, 0) is 31.4 Å². The van der Waals surface area contributed by atoms with Gasteiger partial charge in [0.2, 0.25) is 5.76 Å². The Morgan fingerprint density at radius 3 is 2.58 bits per heavy atom. The molecule has 1 fully saturated rings. The molecule has 6 heteroatoms. The molecule has 0 saturated heterocycles. The highest BCUT2D eigenvalue weighted by Crippen LogP contribution is 2.41. The summed E-state index contributed by atoms with van der Waals surface area (Å²) in [6, 6.07) is 3.66. The second kappa shape index (κ2) is 6.34. The van der Waals surface area contributed by atoms with Crippen molar-refractivity contribution in [2.24, 2.45) is 0 Å². The van der Waals surface area contributed by atoms with E-state index < -0.39 is 17.0 Å². The normalized spacial score (nSPS) is 16.3. The first-order valence-corrected chi connectivity index (χ1v) is 8.09. The van der Waals surface area contributed by atoms with E-state index in [-0.39, 0.29) is 18.2 Å². The van der Waals surface area contributed by atoms with Crippen LogP contribution in [0.25, 0.3) is 0 Å². The predicted octanol–water partition coefficient (Wildman–Crippen LogP) is 3.81. The van der Waals surface area contributed by atoms with Gasteiger partial charge in [-0.2, -0.15) is 0 Å². The van der Waals surface area contributed by atoms with Gasteiger partial charge in [-0.1, -0.05) is 18.9 Å². The topological polar surface area (TPSA) is 55.1 Å². The number of halogens is 2. The zero-order valence-corrected chi connectivity index (χ0v) is 13.8. The fraction of sp³-hybridized carbons (Fsp3) is 0.444. The summed E-state index contributed by atoms with van der Waals surface area (Å²) in [5.41, 5.74) is 0.488. The standard InChI is InChI=1S/C18H20F2N2O2/c1-11-16(24-12(2)22-11)17(23)21-10-18(7-3-4-8-18)14-6-5-13(19)9-15(14)20/h5-6,9H,3-4,7-8,10H2,1-2H3,(H,21,23). The van der Waals surface area contributed by atoms with Gasteiger partial charge < -0.3 is 9.73 Å². The molecule has 0 radical (unpaired) electrons. The molecule has 0 unspecified atom stereocenters. The van der Waals surface area contributed by atoms with Crippen LogP contribution < -0.4 is 5.32 Å². The molecular formula is C18H20F2N2O2. The highest BCUT2D eigenvalue weighted by atomic mass is 19.1. The quantitative estimate of drug-likeness (QED) is 0.925. The van der Waals surface area contributed by atoms with E-state index in [9.17, 15) is 13.6 Å². The van der Waals surface area contributed by atoms with Gasteiger partial charge in [-0.25, -0.2) is 13.8 Å². The van der Waals surface area contributed by atoms with Gasteiger partial charge in [-0.3, -0.25) is 4.79 Å². The molecule has 1 aliphatic rings. The third-order valence-corrected chi connectivity index (χ3v) is 4.76. The van der Waals surface area contributed by atoms with Crippen molar-refractivity contribution in [3.63, 3.8) is 0 Å². The number of benzene rings is 1. The molecule has 128 valence electrons. The van der Waals surface area contributed by atoms with Crippen LogP contribution in [0.3, 0.4) is 0 Å². The Hall–Kier alpha value is -2.24. The Balaban J connectivity index is 1.82. The number of amides is 1. The molecule has 1 N–H and O–H groups in total. The van der Waals surface area contributed by atoms with Crippen molar-refractivity contribution in [3.05, 3.63) is 52.7 Å². The summed E-state index contributed by atoms with van der Waals surface area (Å²) >= 11 is 0. The Bertz CT molecular complexity index is 764. The number of nitrogens with zero attached hydrogens (tertiary/aromatic N) is 1. The first-order chi connectivity index (χ1) is 11.4. The van der Waals surface area contributed by atoms with Crippen LogP contribution in [0.2, 0.25) is 0 Å². The summed E-state index contributed by atoms with van der Waals surface area (Å²) in [6.07, 6.45) is 3.41. The maximum Gasteiger partial charge on any atom is 0.289 e. The van der Waals surface area contributed by atoms with Gasteiger partial charge in [0, 0.05) is 24.9 Å². The van der Waals surface area contributed by atoms with Gasteiger partial charge in [-0.15, -0.1) is 0 Å². The molecule has 1 aromatic heterocycles. The lowest BCUT2D eigenvalue weighted by molar-refractivity contribution is 0.0912. The van der Waals surface area contributed by atoms with E-state index in [0.29, 0.717) is 17.1 Å². The fourth-order valence-electron chi connectivity index (χ4n) is 3.58. The average Bonchev–Trinajstić information content (AvgIpc) is 3.12. The first-order valence-electron chi connectivity index (χ1n) is 8.09. The van der Waals surface area contributed by atoms with E-state index in [1.165, 1.54) is 12.1 Å². The van der Waals surface area contributed by atoms with Crippen molar-refractivity contribution in [2.75, 3.05) is 6.54 Å². The molecule has 24 heavy (non-hydrogen) atoms. The maximum atomic E-state index is 14.3. The minimum atomic E-state index is -0.596. The zero-order chi connectivity index (χ0) is 17.3. The van der Waals surface area contributed by atoms with Gasteiger partial charge >= 0.3 is 0 Å². The highest BCUT2D eigenvalue weighted by Gasteiger charge is 2.38. The number of rotatable bonds is 4. The van der Waals surface area contributed by atoms with Gasteiger partial charge in [0.25, 0.3) is 5.91 Å². The average molecular weight is 334 g/mol. The van der Waals surface area contributed by atoms with Crippen molar-refractivity contribution in [2.45, 2.75) is 44.9 Å². The van der Waals surface area contributed by atoms with Gasteiger partial charge in [0.15, 0.2) is 5.89 Å². The van der Waals surface area contributed by atoms with Crippen molar-refractivity contribution in [1.29, 1.82) is 0 Å². The van der Waals surface area contributed by atoms with E-state index in [0.717, 1.165) is 31.7 Å². The van der Waals surface area contributed by atoms with Crippen LogP contribution in [-0.4, -0.2) is 17.4 Å². The molecule has 3 rings (SSSR count). The van der Waals surface area contributed by atoms with E-state index >= 15 is 0 Å². The van der Waals surface area contributed by atoms with Crippen LogP contribution in [0.4, 0.5) is 8.78 Å². The lowest BCUT2D eigenvalue weighted by atomic mass is 9.78. The number of aryl methyl sites for hydroxylation is 2.